The molecule has 0 aliphatic rings. The molecule has 2 aromatic rings. The van der Waals surface area contributed by atoms with Crippen LogP contribution in [0.25, 0.3) is 0 Å². The van der Waals surface area contributed by atoms with Gasteiger partial charge in [0, 0.05) is 10.6 Å². The van der Waals surface area contributed by atoms with Crippen molar-refractivity contribution >= 4 is 17.8 Å². The lowest BCUT2D eigenvalue weighted by molar-refractivity contribution is 0.343. The molecule has 0 amide bonds. The van der Waals surface area contributed by atoms with Crippen molar-refractivity contribution in [1.29, 1.82) is 0 Å². The maximum atomic E-state index is 13.2. The number of rotatable bonds is 4. The van der Waals surface area contributed by atoms with Crippen molar-refractivity contribution in [2.24, 2.45) is 0 Å². The zero-order valence-corrected chi connectivity index (χ0v) is 10.8. The molecule has 2 aromatic carbocycles. The lowest BCUT2D eigenvalue weighted by Crippen LogP contribution is -2.13. The van der Waals surface area contributed by atoms with E-state index in [0.717, 1.165) is 10.6 Å². The summed E-state index contributed by atoms with van der Waals surface area (Å²) in [5.74, 6) is 1.62. The van der Waals surface area contributed by atoms with Gasteiger partial charge in [-0.1, -0.05) is 66.7 Å². The predicted molar refractivity (Wildman–Crippen MR) is 76.0 cm³/mol. The number of hydrogen-bond acceptors (Lipinski definition) is 2. The fourth-order valence-electron chi connectivity index (χ4n) is 1.82. The van der Waals surface area contributed by atoms with Gasteiger partial charge in [-0.15, -0.1) is 0 Å². The molecule has 1 N–H and O–H groups in total. The van der Waals surface area contributed by atoms with Gasteiger partial charge in [0.05, 0.1) is 6.61 Å². The minimum Gasteiger partial charge on any atom is -0.392 e. The molecule has 0 aliphatic carbocycles. The zero-order valence-electron chi connectivity index (χ0n) is 9.94. The molecule has 0 heterocycles. The topological polar surface area (TPSA) is 37.3 Å². The standard InChI is InChI=1S/C15H15O2P/c16-12-7-13-18(17,14-8-3-1-4-9-14)15-10-5-2-6-11-15/h1-11,13,16H,12H2/b13-7+. The van der Waals surface area contributed by atoms with Gasteiger partial charge in [-0.2, -0.15) is 0 Å². The Kier molecular flexibility index (Phi) is 4.14. The van der Waals surface area contributed by atoms with Crippen LogP contribution < -0.4 is 10.6 Å². The number of benzene rings is 2. The lowest BCUT2D eigenvalue weighted by atomic mass is 10.4. The minimum absolute atomic E-state index is 0.107. The quantitative estimate of drug-likeness (QED) is 0.855. The highest BCUT2D eigenvalue weighted by molar-refractivity contribution is 7.81. The number of aliphatic hydroxyl groups excluding tert-OH is 1. The Hall–Kier alpha value is -1.63. The van der Waals surface area contributed by atoms with E-state index in [1.54, 1.807) is 11.9 Å². The van der Waals surface area contributed by atoms with Crippen LogP contribution >= 0.6 is 7.14 Å². The molecular weight excluding hydrogens is 243 g/mol. The van der Waals surface area contributed by atoms with E-state index >= 15 is 0 Å². The van der Waals surface area contributed by atoms with E-state index in [1.165, 1.54) is 0 Å². The summed E-state index contributed by atoms with van der Waals surface area (Å²) >= 11 is 0. The molecule has 0 bridgehead atoms. The Balaban J connectivity index is 2.56. The number of aliphatic hydroxyl groups is 1. The van der Waals surface area contributed by atoms with E-state index in [-0.39, 0.29) is 6.61 Å². The van der Waals surface area contributed by atoms with E-state index in [4.69, 9.17) is 5.11 Å². The Labute approximate surface area is 107 Å². The summed E-state index contributed by atoms with van der Waals surface area (Å²) < 4.78 is 13.2. The van der Waals surface area contributed by atoms with Crippen molar-refractivity contribution in [3.8, 4) is 0 Å². The van der Waals surface area contributed by atoms with E-state index in [9.17, 15) is 4.57 Å². The van der Waals surface area contributed by atoms with Crippen molar-refractivity contribution in [3.05, 3.63) is 72.6 Å². The van der Waals surface area contributed by atoms with Gasteiger partial charge in [-0.25, -0.2) is 0 Å². The smallest absolute Gasteiger partial charge is 0.163 e. The van der Waals surface area contributed by atoms with Crippen LogP contribution in [0, 0.1) is 0 Å². The second-order valence-corrected chi connectivity index (χ2v) is 6.54. The van der Waals surface area contributed by atoms with Gasteiger partial charge < -0.3 is 9.67 Å². The summed E-state index contributed by atoms with van der Waals surface area (Å²) in [4.78, 5) is 0. The second-order valence-electron chi connectivity index (χ2n) is 3.90. The normalized spacial score (nSPS) is 11.8. The summed E-state index contributed by atoms with van der Waals surface area (Å²) in [6.07, 6.45) is 1.54. The third kappa shape index (κ3) is 2.61. The molecule has 0 aromatic heterocycles. The van der Waals surface area contributed by atoms with E-state index in [0.29, 0.717) is 0 Å². The lowest BCUT2D eigenvalue weighted by Gasteiger charge is -2.15. The summed E-state index contributed by atoms with van der Waals surface area (Å²) in [7, 11) is -2.78. The highest BCUT2D eigenvalue weighted by atomic mass is 31.2. The molecule has 0 saturated carbocycles. The molecule has 0 aliphatic heterocycles. The molecule has 2 nitrogen and oxygen atoms in total. The molecule has 0 unspecified atom stereocenters. The molecule has 0 fully saturated rings. The molecule has 0 radical (unpaired) electrons. The summed E-state index contributed by atoms with van der Waals surface area (Å²) in [6.45, 7) is -0.107. The maximum absolute atomic E-state index is 13.2. The first-order chi connectivity index (χ1) is 8.77. The molecule has 0 saturated heterocycles. The average Bonchev–Trinajstić information content (AvgIpc) is 2.46. The maximum Gasteiger partial charge on any atom is 0.163 e. The van der Waals surface area contributed by atoms with Gasteiger partial charge in [0.25, 0.3) is 0 Å². The molecule has 0 atom stereocenters. The minimum atomic E-state index is -2.78. The van der Waals surface area contributed by atoms with E-state index in [1.807, 2.05) is 60.7 Å². The zero-order chi connectivity index (χ0) is 12.8. The summed E-state index contributed by atoms with van der Waals surface area (Å²) in [5, 5.41) is 10.5. The van der Waals surface area contributed by atoms with Crippen LogP contribution in [0.1, 0.15) is 0 Å². The van der Waals surface area contributed by atoms with Crippen LogP contribution in [-0.2, 0) is 4.57 Å². The monoisotopic (exact) mass is 258 g/mol. The fraction of sp³-hybridized carbons (Fsp3) is 0.0667. The van der Waals surface area contributed by atoms with Crippen molar-refractivity contribution < 1.29 is 9.67 Å². The Morgan fingerprint density at radius 2 is 1.33 bits per heavy atom. The first-order valence-electron chi connectivity index (χ1n) is 5.77. The van der Waals surface area contributed by atoms with Gasteiger partial charge >= 0.3 is 0 Å². The van der Waals surface area contributed by atoms with Gasteiger partial charge in [-0.05, 0) is 5.82 Å². The van der Waals surface area contributed by atoms with Crippen molar-refractivity contribution in [2.75, 3.05) is 6.61 Å². The van der Waals surface area contributed by atoms with Crippen molar-refractivity contribution in [2.45, 2.75) is 0 Å². The third-order valence-electron chi connectivity index (χ3n) is 2.70. The predicted octanol–water partition coefficient (Wildman–Crippen LogP) is 2.51. The van der Waals surface area contributed by atoms with Crippen molar-refractivity contribution in [3.63, 3.8) is 0 Å². The number of hydrogen-bond donors (Lipinski definition) is 1. The van der Waals surface area contributed by atoms with Crippen LogP contribution in [0.5, 0.6) is 0 Å². The van der Waals surface area contributed by atoms with Gasteiger partial charge in [0.1, 0.15) is 0 Å². The SMILES string of the molecule is O=P(/C=C/CO)(c1ccccc1)c1ccccc1. The average molecular weight is 258 g/mol. The van der Waals surface area contributed by atoms with Gasteiger partial charge in [-0.3, -0.25) is 0 Å². The fourth-order valence-corrected chi connectivity index (χ4v) is 4.08. The van der Waals surface area contributed by atoms with E-state index < -0.39 is 7.14 Å². The highest BCUT2D eigenvalue weighted by Crippen LogP contribution is 2.44. The summed E-state index contributed by atoms with van der Waals surface area (Å²) in [6, 6.07) is 18.7. The van der Waals surface area contributed by atoms with Gasteiger partial charge in [0.2, 0.25) is 0 Å². The molecular formula is C15H15O2P. The van der Waals surface area contributed by atoms with Gasteiger partial charge in [0.15, 0.2) is 7.14 Å². The Morgan fingerprint density at radius 3 is 1.72 bits per heavy atom. The van der Waals surface area contributed by atoms with Crippen LogP contribution in [0.3, 0.4) is 0 Å². The van der Waals surface area contributed by atoms with Crippen molar-refractivity contribution in [1.82, 2.24) is 0 Å². The Bertz CT molecular complexity index is 518. The van der Waals surface area contributed by atoms with Crippen LogP contribution in [0.2, 0.25) is 0 Å². The molecule has 92 valence electrons. The van der Waals surface area contributed by atoms with Crippen LogP contribution in [0.15, 0.2) is 72.6 Å². The molecule has 18 heavy (non-hydrogen) atoms. The largest absolute Gasteiger partial charge is 0.392 e. The molecule has 2 rings (SSSR count). The van der Waals surface area contributed by atoms with Crippen LogP contribution in [-0.4, -0.2) is 11.7 Å². The molecule has 0 spiro atoms. The second kappa shape index (κ2) is 5.81. The third-order valence-corrected chi connectivity index (χ3v) is 5.46. The summed E-state index contributed by atoms with van der Waals surface area (Å²) in [5.41, 5.74) is 0. The Morgan fingerprint density at radius 1 is 0.889 bits per heavy atom. The first kappa shape index (κ1) is 12.8. The van der Waals surface area contributed by atoms with Crippen LogP contribution in [0.4, 0.5) is 0 Å². The molecule has 3 heteroatoms. The first-order valence-corrected chi connectivity index (χ1v) is 7.54. The van der Waals surface area contributed by atoms with E-state index in [2.05, 4.69) is 0 Å². The highest BCUT2D eigenvalue weighted by Gasteiger charge is 2.23.